The van der Waals surface area contributed by atoms with Gasteiger partial charge in [-0.15, -0.1) is 11.3 Å². The Labute approximate surface area is 86.7 Å². The smallest absolute Gasteiger partial charge is 0.261 e. The van der Waals surface area contributed by atoms with Gasteiger partial charge in [0.15, 0.2) is 0 Å². The van der Waals surface area contributed by atoms with Gasteiger partial charge in [-0.05, 0) is 19.9 Å². The van der Waals surface area contributed by atoms with Gasteiger partial charge in [0.05, 0.1) is 10.5 Å². The van der Waals surface area contributed by atoms with E-state index in [4.69, 9.17) is 5.73 Å². The molecule has 0 unspecified atom stereocenters. The van der Waals surface area contributed by atoms with E-state index in [-0.39, 0.29) is 12.5 Å². The number of nitrogens with two attached hydrogens (primary N) is 1. The molecule has 0 aromatic carbocycles. The molecule has 0 bridgehead atoms. The quantitative estimate of drug-likeness (QED) is 0.697. The molecule has 0 saturated heterocycles. The predicted octanol–water partition coefficient (Wildman–Crippen LogP) is 0.831. The molecular weight excluding hydrogens is 200 g/mol. The Morgan fingerprint density at radius 1 is 1.71 bits per heavy atom. The largest absolute Gasteiger partial charge is 0.398 e. The lowest BCUT2D eigenvalue weighted by atomic mass is 10.1. The molecule has 1 aromatic rings. The summed E-state index contributed by atoms with van der Waals surface area (Å²) in [6.45, 7) is 3.50. The Balaban J connectivity index is 2.52. The highest BCUT2D eigenvalue weighted by Crippen LogP contribution is 2.15. The van der Waals surface area contributed by atoms with Gasteiger partial charge in [0.2, 0.25) is 0 Å². The van der Waals surface area contributed by atoms with E-state index in [1.54, 1.807) is 25.3 Å². The number of anilines is 1. The molecule has 4 N–H and O–H groups in total. The molecule has 0 aliphatic rings. The van der Waals surface area contributed by atoms with Gasteiger partial charge in [-0.3, -0.25) is 4.79 Å². The highest BCUT2D eigenvalue weighted by atomic mass is 32.1. The third kappa shape index (κ3) is 3.35. The highest BCUT2D eigenvalue weighted by Gasteiger charge is 2.15. The van der Waals surface area contributed by atoms with Crippen LogP contribution in [0.5, 0.6) is 0 Å². The molecule has 1 rings (SSSR count). The van der Waals surface area contributed by atoms with Gasteiger partial charge in [0.1, 0.15) is 0 Å². The molecule has 4 nitrogen and oxygen atoms in total. The normalized spacial score (nSPS) is 11.4. The fourth-order valence-corrected chi connectivity index (χ4v) is 1.57. The second-order valence-electron chi connectivity index (χ2n) is 3.74. The van der Waals surface area contributed by atoms with Crippen molar-refractivity contribution in [3.8, 4) is 0 Å². The second kappa shape index (κ2) is 3.98. The molecule has 1 amide bonds. The Hall–Kier alpha value is -1.07. The first kappa shape index (κ1) is 11.0. The number of rotatable bonds is 3. The topological polar surface area (TPSA) is 75.3 Å². The lowest BCUT2D eigenvalue weighted by Crippen LogP contribution is -2.37. The minimum Gasteiger partial charge on any atom is -0.398 e. The third-order valence-corrected chi connectivity index (χ3v) is 2.47. The summed E-state index contributed by atoms with van der Waals surface area (Å²) in [4.78, 5) is 12.0. The fourth-order valence-electron chi connectivity index (χ4n) is 0.854. The zero-order valence-corrected chi connectivity index (χ0v) is 9.02. The molecule has 0 saturated carbocycles. The number of nitrogens with one attached hydrogen (secondary N) is 1. The molecule has 1 heterocycles. The van der Waals surface area contributed by atoms with E-state index in [2.05, 4.69) is 5.32 Å². The Morgan fingerprint density at radius 2 is 2.36 bits per heavy atom. The monoisotopic (exact) mass is 214 g/mol. The predicted molar refractivity (Wildman–Crippen MR) is 57.4 cm³/mol. The molecular formula is C9H14N2O2S. The molecule has 78 valence electrons. The summed E-state index contributed by atoms with van der Waals surface area (Å²) in [7, 11) is 0. The maximum Gasteiger partial charge on any atom is 0.261 e. The lowest BCUT2D eigenvalue weighted by Gasteiger charge is -2.16. The van der Waals surface area contributed by atoms with E-state index in [1.807, 2.05) is 0 Å². The summed E-state index contributed by atoms with van der Waals surface area (Å²) in [6, 6.07) is 1.62. The Bertz CT molecular complexity index is 328. The number of thiophene rings is 1. The number of aliphatic hydroxyl groups is 1. The summed E-state index contributed by atoms with van der Waals surface area (Å²) in [6.07, 6.45) is 0. The maximum absolute atomic E-state index is 11.4. The van der Waals surface area contributed by atoms with Crippen LogP contribution in [0.4, 0.5) is 5.69 Å². The van der Waals surface area contributed by atoms with Crippen molar-refractivity contribution < 1.29 is 9.90 Å². The van der Waals surface area contributed by atoms with Gasteiger partial charge >= 0.3 is 0 Å². The minimum absolute atomic E-state index is 0.200. The van der Waals surface area contributed by atoms with Gasteiger partial charge in [-0.25, -0.2) is 0 Å². The molecule has 0 spiro atoms. The molecule has 0 aliphatic heterocycles. The summed E-state index contributed by atoms with van der Waals surface area (Å²) in [5.41, 5.74) is 5.18. The van der Waals surface area contributed by atoms with E-state index < -0.39 is 5.60 Å². The van der Waals surface area contributed by atoms with Gasteiger partial charge in [0.25, 0.3) is 5.91 Å². The second-order valence-corrected chi connectivity index (χ2v) is 4.65. The van der Waals surface area contributed by atoms with Crippen molar-refractivity contribution in [1.29, 1.82) is 0 Å². The highest BCUT2D eigenvalue weighted by molar-refractivity contribution is 7.12. The van der Waals surface area contributed by atoms with Crippen LogP contribution in [0.2, 0.25) is 0 Å². The molecule has 0 radical (unpaired) electrons. The number of carbonyl (C=O) groups excluding carboxylic acids is 1. The van der Waals surface area contributed by atoms with Gasteiger partial charge < -0.3 is 16.2 Å². The van der Waals surface area contributed by atoms with Crippen LogP contribution in [0.3, 0.4) is 0 Å². The van der Waals surface area contributed by atoms with Crippen LogP contribution >= 0.6 is 11.3 Å². The number of nitrogen functional groups attached to an aromatic ring is 1. The fraction of sp³-hybridized carbons (Fsp3) is 0.444. The first-order chi connectivity index (χ1) is 6.38. The molecule has 0 aliphatic carbocycles. The van der Waals surface area contributed by atoms with E-state index in [9.17, 15) is 9.90 Å². The molecule has 14 heavy (non-hydrogen) atoms. The minimum atomic E-state index is -0.890. The van der Waals surface area contributed by atoms with Gasteiger partial charge in [-0.1, -0.05) is 0 Å². The van der Waals surface area contributed by atoms with Crippen LogP contribution < -0.4 is 11.1 Å². The van der Waals surface area contributed by atoms with E-state index in [0.717, 1.165) is 0 Å². The number of carbonyl (C=O) groups is 1. The summed E-state index contributed by atoms with van der Waals surface area (Å²) < 4.78 is 0. The third-order valence-electron chi connectivity index (χ3n) is 1.53. The lowest BCUT2D eigenvalue weighted by molar-refractivity contribution is 0.0696. The number of hydrogen-bond acceptors (Lipinski definition) is 4. The van der Waals surface area contributed by atoms with Gasteiger partial charge in [0, 0.05) is 17.6 Å². The van der Waals surface area contributed by atoms with Gasteiger partial charge in [-0.2, -0.15) is 0 Å². The standard InChI is InChI=1S/C9H14N2O2S/c1-9(2,13)5-11-8(12)7-3-6(10)4-14-7/h3-4,13H,5,10H2,1-2H3,(H,11,12). The maximum atomic E-state index is 11.4. The van der Waals surface area contributed by atoms with E-state index in [1.165, 1.54) is 11.3 Å². The van der Waals surface area contributed by atoms with Crippen molar-refractivity contribution >= 4 is 22.9 Å². The molecule has 1 aromatic heterocycles. The van der Waals surface area contributed by atoms with E-state index in [0.29, 0.717) is 10.6 Å². The van der Waals surface area contributed by atoms with Crippen molar-refractivity contribution in [2.24, 2.45) is 0 Å². The van der Waals surface area contributed by atoms with Crippen molar-refractivity contribution in [2.75, 3.05) is 12.3 Å². The molecule has 5 heteroatoms. The average Bonchev–Trinajstić information content (AvgIpc) is 2.46. The summed E-state index contributed by atoms with van der Waals surface area (Å²) in [5.74, 6) is -0.200. The Morgan fingerprint density at radius 3 is 2.79 bits per heavy atom. The summed E-state index contributed by atoms with van der Waals surface area (Å²) in [5, 5.41) is 13.7. The van der Waals surface area contributed by atoms with Crippen LogP contribution in [-0.2, 0) is 0 Å². The Kier molecular flexibility index (Phi) is 3.13. The number of amides is 1. The van der Waals surface area contributed by atoms with Crippen LogP contribution in [-0.4, -0.2) is 23.2 Å². The first-order valence-electron chi connectivity index (χ1n) is 4.23. The van der Waals surface area contributed by atoms with Crippen molar-refractivity contribution in [3.05, 3.63) is 16.3 Å². The molecule has 0 atom stereocenters. The van der Waals surface area contributed by atoms with E-state index >= 15 is 0 Å². The number of hydrogen-bond donors (Lipinski definition) is 3. The summed E-state index contributed by atoms with van der Waals surface area (Å²) >= 11 is 1.29. The van der Waals surface area contributed by atoms with Crippen LogP contribution in [0.15, 0.2) is 11.4 Å². The first-order valence-corrected chi connectivity index (χ1v) is 5.11. The van der Waals surface area contributed by atoms with Crippen LogP contribution in [0, 0.1) is 0 Å². The zero-order valence-electron chi connectivity index (χ0n) is 8.20. The van der Waals surface area contributed by atoms with Crippen molar-refractivity contribution in [3.63, 3.8) is 0 Å². The molecule has 0 fully saturated rings. The van der Waals surface area contributed by atoms with Crippen molar-refractivity contribution in [1.82, 2.24) is 5.32 Å². The van der Waals surface area contributed by atoms with Crippen molar-refractivity contribution in [2.45, 2.75) is 19.4 Å². The SMILES string of the molecule is CC(C)(O)CNC(=O)c1cc(N)cs1. The average molecular weight is 214 g/mol. The zero-order chi connectivity index (χ0) is 10.8. The van der Waals surface area contributed by atoms with Crippen LogP contribution in [0.25, 0.3) is 0 Å². The van der Waals surface area contributed by atoms with Crippen LogP contribution in [0.1, 0.15) is 23.5 Å².